The predicted octanol–water partition coefficient (Wildman–Crippen LogP) is 20.5. The quantitative estimate of drug-likeness (QED) is 0.128. The Kier molecular flexibility index (Phi) is 11.5. The van der Waals surface area contributed by atoms with Crippen LogP contribution in [0.15, 0.2) is 297 Å². The third kappa shape index (κ3) is 8.11. The van der Waals surface area contributed by atoms with Gasteiger partial charge in [-0.05, 0) is 124 Å². The first kappa shape index (κ1) is 45.7. The molecule has 77 heavy (non-hydrogen) atoms. The van der Waals surface area contributed by atoms with E-state index in [9.17, 15) is 0 Å². The Labute approximate surface area is 452 Å². The maximum Gasteiger partial charge on any atom is 0.0888 e. The molecule has 0 aliphatic heterocycles. The lowest BCUT2D eigenvalue weighted by Crippen LogP contribution is -2.16. The number of hydrogen-bond donors (Lipinski definition) is 0. The number of rotatable bonds is 11. The molecule has 14 aromatic rings. The normalized spacial score (nSPS) is 11.4. The number of nitrogens with zero attached hydrogens (tertiary/aromatic N) is 4. The standard InChI is InChI=1S/C72H49ClN4/c73-72-69(74(57-42-36-53(37-43-57)50-20-5-1-6-21-50)58-44-38-54(39-45-58)51-22-7-2-8-23-51)48-60(77-64-31-16-13-28-61(64)62-29-14-17-32-65(62)77)49-70(72)76(59-46-40-55(41-47-59)52-24-9-3-10-25-52)68-35-19-34-67-71(68)63-30-15-18-33-66(63)75(67)56-26-11-4-12-27-56/h1-49H. The van der Waals surface area contributed by atoms with Gasteiger partial charge in [0, 0.05) is 44.3 Å². The fourth-order valence-corrected chi connectivity index (χ4v) is 11.7. The molecule has 14 rings (SSSR count). The van der Waals surface area contributed by atoms with Crippen molar-refractivity contribution in [1.82, 2.24) is 9.13 Å². The zero-order valence-corrected chi connectivity index (χ0v) is 42.7. The van der Waals surface area contributed by atoms with Gasteiger partial charge in [-0.25, -0.2) is 0 Å². The molecule has 0 bridgehead atoms. The van der Waals surface area contributed by atoms with Crippen LogP contribution in [-0.2, 0) is 0 Å². The summed E-state index contributed by atoms with van der Waals surface area (Å²) in [5, 5.41) is 5.20. The van der Waals surface area contributed by atoms with Crippen molar-refractivity contribution in [3.05, 3.63) is 302 Å². The Morgan fingerprint density at radius 3 is 1.05 bits per heavy atom. The van der Waals surface area contributed by atoms with Crippen LogP contribution >= 0.6 is 11.6 Å². The molecule has 0 fully saturated rings. The van der Waals surface area contributed by atoms with E-state index in [-0.39, 0.29) is 0 Å². The monoisotopic (exact) mass is 1000 g/mol. The van der Waals surface area contributed by atoms with Gasteiger partial charge in [0.05, 0.1) is 49.8 Å². The second kappa shape index (κ2) is 19.4. The predicted molar refractivity (Wildman–Crippen MR) is 326 cm³/mol. The summed E-state index contributed by atoms with van der Waals surface area (Å²) in [5.74, 6) is 0. The van der Waals surface area contributed by atoms with Crippen LogP contribution in [0.3, 0.4) is 0 Å². The molecule has 2 heterocycles. The average Bonchev–Trinajstić information content (AvgIpc) is 4.09. The zero-order valence-electron chi connectivity index (χ0n) is 42.0. The van der Waals surface area contributed by atoms with Crippen LogP contribution < -0.4 is 9.80 Å². The van der Waals surface area contributed by atoms with Crippen LogP contribution in [0.25, 0.3) is 88.4 Å². The minimum atomic E-state index is 0.588. The maximum absolute atomic E-state index is 8.42. The fraction of sp³-hybridized carbons (Fsp3) is 0. The van der Waals surface area contributed by atoms with E-state index < -0.39 is 0 Å². The second-order valence-corrected chi connectivity index (χ2v) is 19.8. The summed E-state index contributed by atoms with van der Waals surface area (Å²) in [6.07, 6.45) is 0. The Bertz CT molecular complexity index is 4280. The summed E-state index contributed by atoms with van der Waals surface area (Å²) in [6, 6.07) is 106. The van der Waals surface area contributed by atoms with Crippen molar-refractivity contribution in [3.63, 3.8) is 0 Å². The van der Waals surface area contributed by atoms with E-state index in [2.05, 4.69) is 316 Å². The second-order valence-electron chi connectivity index (χ2n) is 19.4. The van der Waals surface area contributed by atoms with Gasteiger partial charge in [-0.3, -0.25) is 0 Å². The van der Waals surface area contributed by atoms with Crippen LogP contribution in [0.1, 0.15) is 0 Å². The molecule has 0 saturated heterocycles. The number of para-hydroxylation sites is 4. The van der Waals surface area contributed by atoms with E-state index in [1.165, 1.54) is 10.8 Å². The first-order valence-electron chi connectivity index (χ1n) is 26.1. The van der Waals surface area contributed by atoms with Gasteiger partial charge in [0.25, 0.3) is 0 Å². The summed E-state index contributed by atoms with van der Waals surface area (Å²) in [7, 11) is 0. The van der Waals surface area contributed by atoms with Crippen molar-refractivity contribution < 1.29 is 0 Å². The summed E-state index contributed by atoms with van der Waals surface area (Å²) < 4.78 is 4.79. The summed E-state index contributed by atoms with van der Waals surface area (Å²) in [4.78, 5) is 4.71. The number of fused-ring (bicyclic) bond motifs is 6. The van der Waals surface area contributed by atoms with Gasteiger partial charge < -0.3 is 18.9 Å². The van der Waals surface area contributed by atoms with Crippen molar-refractivity contribution >= 4 is 89.3 Å². The highest BCUT2D eigenvalue weighted by atomic mass is 35.5. The van der Waals surface area contributed by atoms with Crippen LogP contribution in [-0.4, -0.2) is 9.13 Å². The van der Waals surface area contributed by atoms with Gasteiger partial charge in [-0.2, -0.15) is 0 Å². The molecule has 0 unspecified atom stereocenters. The molecule has 5 heteroatoms. The summed E-state index contributed by atoms with van der Waals surface area (Å²) in [6.45, 7) is 0. The van der Waals surface area contributed by atoms with E-state index >= 15 is 0 Å². The van der Waals surface area contributed by atoms with Crippen molar-refractivity contribution in [1.29, 1.82) is 0 Å². The Morgan fingerprint density at radius 2 is 0.584 bits per heavy atom. The molecular formula is C72H49ClN4. The lowest BCUT2D eigenvalue weighted by atomic mass is 10.0. The molecule has 0 saturated carbocycles. The molecule has 0 aliphatic carbocycles. The highest BCUT2D eigenvalue weighted by Gasteiger charge is 2.28. The largest absolute Gasteiger partial charge is 0.309 e. The molecule has 0 aliphatic rings. The number of hydrogen-bond acceptors (Lipinski definition) is 2. The van der Waals surface area contributed by atoms with Crippen LogP contribution in [0, 0.1) is 0 Å². The lowest BCUT2D eigenvalue weighted by Gasteiger charge is -2.32. The van der Waals surface area contributed by atoms with Crippen LogP contribution in [0.5, 0.6) is 0 Å². The topological polar surface area (TPSA) is 16.3 Å². The fourth-order valence-electron chi connectivity index (χ4n) is 11.4. The van der Waals surface area contributed by atoms with Crippen molar-refractivity contribution in [2.45, 2.75) is 0 Å². The molecule has 0 amide bonds. The number of anilines is 6. The van der Waals surface area contributed by atoms with Gasteiger partial charge in [0.2, 0.25) is 0 Å². The molecule has 12 aromatic carbocycles. The van der Waals surface area contributed by atoms with Crippen molar-refractivity contribution in [2.75, 3.05) is 9.80 Å². The van der Waals surface area contributed by atoms with Gasteiger partial charge >= 0.3 is 0 Å². The number of halogens is 1. The molecule has 4 nitrogen and oxygen atoms in total. The minimum absolute atomic E-state index is 0.588. The van der Waals surface area contributed by atoms with E-state index in [4.69, 9.17) is 11.6 Å². The molecular weight excluding hydrogens is 956 g/mol. The van der Waals surface area contributed by atoms with Gasteiger partial charge in [0.1, 0.15) is 0 Å². The molecule has 0 atom stereocenters. The highest BCUT2D eigenvalue weighted by molar-refractivity contribution is 6.37. The average molecular weight is 1010 g/mol. The lowest BCUT2D eigenvalue weighted by molar-refractivity contribution is 1.16. The third-order valence-electron chi connectivity index (χ3n) is 15.0. The Morgan fingerprint density at radius 1 is 0.247 bits per heavy atom. The number of benzene rings is 12. The van der Waals surface area contributed by atoms with Crippen molar-refractivity contribution in [2.24, 2.45) is 0 Å². The van der Waals surface area contributed by atoms with E-state index in [1.807, 2.05) is 0 Å². The van der Waals surface area contributed by atoms with Crippen molar-refractivity contribution in [3.8, 4) is 44.8 Å². The molecule has 364 valence electrons. The first-order chi connectivity index (χ1) is 38.1. The Balaban J connectivity index is 1.08. The molecule has 0 spiro atoms. The van der Waals surface area contributed by atoms with E-state index in [1.54, 1.807) is 0 Å². The Hall–Kier alpha value is -9.87. The zero-order chi connectivity index (χ0) is 51.2. The third-order valence-corrected chi connectivity index (χ3v) is 15.4. The summed E-state index contributed by atoms with van der Waals surface area (Å²) >= 11 is 8.42. The number of aromatic nitrogens is 2. The first-order valence-corrected chi connectivity index (χ1v) is 26.5. The highest BCUT2D eigenvalue weighted by Crippen LogP contribution is 2.52. The van der Waals surface area contributed by atoms with Gasteiger partial charge in [-0.1, -0.05) is 218 Å². The molecule has 0 N–H and O–H groups in total. The summed E-state index contributed by atoms with van der Waals surface area (Å²) in [5.41, 5.74) is 18.9. The van der Waals surface area contributed by atoms with E-state index in [0.717, 1.165) is 112 Å². The van der Waals surface area contributed by atoms with Crippen LogP contribution in [0.4, 0.5) is 34.1 Å². The smallest absolute Gasteiger partial charge is 0.0888 e. The van der Waals surface area contributed by atoms with Crippen LogP contribution in [0.2, 0.25) is 5.02 Å². The molecule has 2 aromatic heterocycles. The van der Waals surface area contributed by atoms with Gasteiger partial charge in [-0.15, -0.1) is 0 Å². The van der Waals surface area contributed by atoms with E-state index in [0.29, 0.717) is 5.02 Å². The molecule has 0 radical (unpaired) electrons. The SMILES string of the molecule is Clc1c(N(c2ccc(-c3ccccc3)cc2)c2ccc(-c3ccccc3)cc2)cc(-n2c3ccccc3c3ccccc32)cc1N(c1ccc(-c2ccccc2)cc1)c1cccc2c1c1ccccc1n2-c1ccccc1. The van der Waals surface area contributed by atoms with Gasteiger partial charge in [0.15, 0.2) is 0 Å². The maximum atomic E-state index is 8.42. The minimum Gasteiger partial charge on any atom is -0.309 e.